The molecule has 22 heavy (non-hydrogen) atoms. The van der Waals surface area contributed by atoms with E-state index in [0.717, 1.165) is 0 Å². The van der Waals surface area contributed by atoms with Crippen molar-refractivity contribution in [2.75, 3.05) is 19.0 Å². The van der Waals surface area contributed by atoms with Gasteiger partial charge < -0.3 is 10.1 Å². The molecule has 0 amide bonds. The fourth-order valence-electron chi connectivity index (χ4n) is 1.86. The van der Waals surface area contributed by atoms with E-state index in [2.05, 4.69) is 27.9 Å². The van der Waals surface area contributed by atoms with Crippen LogP contribution in [-0.2, 0) is 11.3 Å². The van der Waals surface area contributed by atoms with Gasteiger partial charge in [-0.15, -0.1) is 12.6 Å². The lowest BCUT2D eigenvalue weighted by atomic mass is 10.1. The molecule has 0 saturated carbocycles. The maximum Gasteiger partial charge on any atom is 0.352 e. The molecule has 0 aliphatic heterocycles. The zero-order valence-corrected chi connectivity index (χ0v) is 13.1. The van der Waals surface area contributed by atoms with Gasteiger partial charge in [-0.3, -0.25) is 4.57 Å². The van der Waals surface area contributed by atoms with Crippen LogP contribution >= 0.6 is 12.6 Å². The second-order valence-corrected chi connectivity index (χ2v) is 4.82. The van der Waals surface area contributed by atoms with Gasteiger partial charge in [0, 0.05) is 11.9 Å². The molecule has 0 bridgehead atoms. The molecule has 0 unspecified atom stereocenters. The number of benzene rings is 1. The third-order valence-electron chi connectivity index (χ3n) is 2.95. The summed E-state index contributed by atoms with van der Waals surface area (Å²) in [6, 6.07) is 5.13. The summed E-state index contributed by atoms with van der Waals surface area (Å²) in [5, 5.41) is 2.70. The van der Waals surface area contributed by atoms with E-state index in [1.807, 2.05) is 0 Å². The minimum absolute atomic E-state index is 0.217. The fourth-order valence-corrected chi connectivity index (χ4v) is 2.17. The first-order chi connectivity index (χ1) is 10.6. The quantitative estimate of drug-likeness (QED) is 0.636. The lowest BCUT2D eigenvalue weighted by Gasteiger charge is -2.11. The Hall–Kier alpha value is -2.35. The number of esters is 1. The van der Waals surface area contributed by atoms with E-state index in [-0.39, 0.29) is 19.1 Å². The molecule has 0 saturated heterocycles. The van der Waals surface area contributed by atoms with Gasteiger partial charge in [0.25, 0.3) is 0 Å². The van der Waals surface area contributed by atoms with E-state index in [9.17, 15) is 9.59 Å². The van der Waals surface area contributed by atoms with E-state index in [0.29, 0.717) is 16.0 Å². The highest BCUT2D eigenvalue weighted by Gasteiger charge is 2.14. The predicted octanol–water partition coefficient (Wildman–Crippen LogP) is 1.19. The molecule has 2 aromatic rings. The van der Waals surface area contributed by atoms with E-state index in [1.165, 1.54) is 10.9 Å². The van der Waals surface area contributed by atoms with Crippen LogP contribution in [0.2, 0.25) is 0 Å². The molecule has 0 aliphatic carbocycles. The lowest BCUT2D eigenvalue weighted by molar-refractivity contribution is 0.0522. The molecule has 0 aliphatic rings. The lowest BCUT2D eigenvalue weighted by Crippen LogP contribution is -2.25. The van der Waals surface area contributed by atoms with Crippen LogP contribution in [-0.4, -0.2) is 34.2 Å². The molecule has 0 fully saturated rings. The van der Waals surface area contributed by atoms with Crippen LogP contribution in [0.1, 0.15) is 22.8 Å². The van der Waals surface area contributed by atoms with Crippen molar-refractivity contribution < 1.29 is 9.53 Å². The SMILES string of the molecule is CCOC(=O)c1cccc(Cn2cnc(NC)nc2=O)c1S. The molecule has 116 valence electrons. The molecule has 7 nitrogen and oxygen atoms in total. The van der Waals surface area contributed by atoms with Gasteiger partial charge in [-0.1, -0.05) is 12.1 Å². The van der Waals surface area contributed by atoms with Crippen LogP contribution in [0.5, 0.6) is 0 Å². The molecule has 0 radical (unpaired) electrons. The van der Waals surface area contributed by atoms with E-state index >= 15 is 0 Å². The largest absolute Gasteiger partial charge is 0.462 e. The minimum atomic E-state index is -0.441. The summed E-state index contributed by atoms with van der Waals surface area (Å²) in [5.74, 6) is -0.184. The number of ether oxygens (including phenoxy) is 1. The van der Waals surface area contributed by atoms with E-state index in [1.54, 1.807) is 32.2 Å². The van der Waals surface area contributed by atoms with Gasteiger partial charge >= 0.3 is 11.7 Å². The van der Waals surface area contributed by atoms with Gasteiger partial charge in [-0.25, -0.2) is 14.6 Å². The van der Waals surface area contributed by atoms with Crippen molar-refractivity contribution in [3.63, 3.8) is 0 Å². The summed E-state index contributed by atoms with van der Waals surface area (Å²) in [4.78, 5) is 32.0. The van der Waals surface area contributed by atoms with Crippen LogP contribution in [0.25, 0.3) is 0 Å². The number of hydrogen-bond donors (Lipinski definition) is 2. The topological polar surface area (TPSA) is 86.1 Å². The summed E-state index contributed by atoms with van der Waals surface area (Å²) in [6.45, 7) is 2.24. The van der Waals surface area contributed by atoms with Crippen LogP contribution in [0.15, 0.2) is 34.2 Å². The van der Waals surface area contributed by atoms with Crippen LogP contribution in [0, 0.1) is 0 Å². The highest BCUT2D eigenvalue weighted by atomic mass is 32.1. The number of carbonyl (C=O) groups is 1. The van der Waals surface area contributed by atoms with Crippen LogP contribution in [0.4, 0.5) is 5.95 Å². The van der Waals surface area contributed by atoms with Crippen molar-refractivity contribution in [2.24, 2.45) is 0 Å². The monoisotopic (exact) mass is 320 g/mol. The molecular weight excluding hydrogens is 304 g/mol. The number of nitrogens with one attached hydrogen (secondary N) is 1. The second kappa shape index (κ2) is 7.08. The van der Waals surface area contributed by atoms with E-state index in [4.69, 9.17) is 4.74 Å². The molecular formula is C14H16N4O3S. The Bertz CT molecular complexity index is 745. The third kappa shape index (κ3) is 3.45. The molecule has 1 aromatic heterocycles. The zero-order valence-electron chi connectivity index (χ0n) is 12.2. The average Bonchev–Trinajstić information content (AvgIpc) is 2.51. The number of rotatable bonds is 5. The van der Waals surface area contributed by atoms with Crippen LogP contribution < -0.4 is 11.0 Å². The summed E-state index contributed by atoms with van der Waals surface area (Å²) in [6.07, 6.45) is 1.39. The van der Waals surface area contributed by atoms with Gasteiger partial charge in [0.1, 0.15) is 6.33 Å². The van der Waals surface area contributed by atoms with Crippen molar-refractivity contribution >= 4 is 24.5 Å². The van der Waals surface area contributed by atoms with Gasteiger partial charge in [-0.05, 0) is 18.6 Å². The van der Waals surface area contributed by atoms with Crippen LogP contribution in [0.3, 0.4) is 0 Å². The predicted molar refractivity (Wildman–Crippen MR) is 84.6 cm³/mol. The zero-order chi connectivity index (χ0) is 16.1. The number of thiol groups is 1. The standard InChI is InChI=1S/C14H16N4O3S/c1-3-21-12(19)10-6-4-5-9(11(10)22)7-18-8-16-13(15-2)17-14(18)20/h4-6,8,22H,3,7H2,1-2H3,(H,15,17,20). The first kappa shape index (κ1) is 16.0. The van der Waals surface area contributed by atoms with Crippen molar-refractivity contribution in [2.45, 2.75) is 18.4 Å². The van der Waals surface area contributed by atoms with Gasteiger partial charge in [-0.2, -0.15) is 4.98 Å². The smallest absolute Gasteiger partial charge is 0.352 e. The third-order valence-corrected chi connectivity index (χ3v) is 3.47. The first-order valence-electron chi connectivity index (χ1n) is 6.66. The van der Waals surface area contributed by atoms with Crippen molar-refractivity contribution in [1.82, 2.24) is 14.5 Å². The number of anilines is 1. The maximum atomic E-state index is 11.9. The Morgan fingerprint density at radius 3 is 2.86 bits per heavy atom. The Kier molecular flexibility index (Phi) is 5.16. The molecule has 1 heterocycles. The molecule has 2 rings (SSSR count). The number of nitrogens with zero attached hydrogens (tertiary/aromatic N) is 3. The number of carbonyl (C=O) groups excluding carboxylic acids is 1. The summed E-state index contributed by atoms with van der Waals surface area (Å²) < 4.78 is 6.32. The summed E-state index contributed by atoms with van der Waals surface area (Å²) in [7, 11) is 1.63. The van der Waals surface area contributed by atoms with Gasteiger partial charge in [0.15, 0.2) is 0 Å². The maximum absolute atomic E-state index is 11.9. The van der Waals surface area contributed by atoms with E-state index < -0.39 is 11.7 Å². The molecule has 1 N–H and O–H groups in total. The summed E-state index contributed by atoms with van der Waals surface area (Å²) in [5.41, 5.74) is 0.633. The highest BCUT2D eigenvalue weighted by Crippen LogP contribution is 2.20. The average molecular weight is 320 g/mol. The Morgan fingerprint density at radius 2 is 2.23 bits per heavy atom. The van der Waals surface area contributed by atoms with Gasteiger partial charge in [0.2, 0.25) is 5.95 Å². The first-order valence-corrected chi connectivity index (χ1v) is 7.10. The molecule has 0 spiro atoms. The number of hydrogen-bond acceptors (Lipinski definition) is 7. The van der Waals surface area contributed by atoms with Crippen molar-refractivity contribution in [3.8, 4) is 0 Å². The Balaban J connectivity index is 2.32. The van der Waals surface area contributed by atoms with Crippen molar-refractivity contribution in [1.29, 1.82) is 0 Å². The Morgan fingerprint density at radius 1 is 1.45 bits per heavy atom. The normalized spacial score (nSPS) is 10.3. The minimum Gasteiger partial charge on any atom is -0.462 e. The second-order valence-electron chi connectivity index (χ2n) is 4.37. The fraction of sp³-hybridized carbons (Fsp3) is 0.286. The van der Waals surface area contributed by atoms with Crippen molar-refractivity contribution in [3.05, 3.63) is 46.1 Å². The number of aromatic nitrogens is 3. The van der Waals surface area contributed by atoms with Gasteiger partial charge in [0.05, 0.1) is 18.7 Å². The highest BCUT2D eigenvalue weighted by molar-refractivity contribution is 7.80. The summed E-state index contributed by atoms with van der Waals surface area (Å²) >= 11 is 4.38. The molecule has 1 aromatic carbocycles. The molecule has 0 atom stereocenters. The molecule has 8 heteroatoms. The Labute approximate surface area is 132 Å².